The van der Waals surface area contributed by atoms with Gasteiger partial charge in [0.05, 0.1) is 43.0 Å². The minimum Gasteiger partial charge on any atom is -0.449 e. The number of carbonyl (C=O) groups excluding carboxylic acids is 2. The Hall–Kier alpha value is -4.06. The third kappa shape index (κ3) is 7.82. The molecule has 3 N–H and O–H groups in total. The molecule has 0 aliphatic carbocycles. The third-order valence-corrected chi connectivity index (χ3v) is 10.7. The Bertz CT molecular complexity index is 2040. The summed E-state index contributed by atoms with van der Waals surface area (Å²) in [6, 6.07) is 21.2. The Morgan fingerprint density at radius 3 is 2.48 bits per heavy atom. The van der Waals surface area contributed by atoms with Crippen molar-refractivity contribution in [1.29, 1.82) is 0 Å². The van der Waals surface area contributed by atoms with Crippen LogP contribution in [0, 0.1) is 0 Å². The number of aromatic amines is 1. The smallest absolute Gasteiger partial charge is 0.410 e. The number of benzene rings is 3. The van der Waals surface area contributed by atoms with Gasteiger partial charge in [0.2, 0.25) is 0 Å². The van der Waals surface area contributed by atoms with E-state index in [1.165, 1.54) is 0 Å². The number of rotatable bonds is 7. The monoisotopic (exact) mass is 762 g/mol. The first-order valence-corrected chi connectivity index (χ1v) is 18.8. The Labute approximate surface area is 317 Å². The maximum atomic E-state index is 13.8. The first kappa shape index (κ1) is 36.3. The maximum Gasteiger partial charge on any atom is 0.410 e. The number of amides is 2. The number of nitrogens with zero attached hydrogens (tertiary/aromatic N) is 3. The lowest BCUT2D eigenvalue weighted by Gasteiger charge is -2.36. The highest BCUT2D eigenvalue weighted by atomic mass is 35.5. The summed E-state index contributed by atoms with van der Waals surface area (Å²) in [6.07, 6.45) is 5.57. The van der Waals surface area contributed by atoms with E-state index in [1.807, 2.05) is 65.6 Å². The molecule has 8 rings (SSSR count). The van der Waals surface area contributed by atoms with E-state index in [0.29, 0.717) is 46.6 Å². The number of fused-ring (bicyclic) bond motifs is 1. The van der Waals surface area contributed by atoms with E-state index < -0.39 is 0 Å². The van der Waals surface area contributed by atoms with Crippen molar-refractivity contribution in [3.8, 4) is 22.5 Å². The van der Waals surface area contributed by atoms with Gasteiger partial charge in [0, 0.05) is 56.3 Å². The molecule has 13 heteroatoms. The quantitative estimate of drug-likeness (QED) is 0.154. The molecule has 2 aromatic heterocycles. The fraction of sp³-hybridized carbons (Fsp3) is 0.359. The number of halogens is 3. The van der Waals surface area contributed by atoms with Gasteiger partial charge >= 0.3 is 6.09 Å². The number of imidazole rings is 1. The van der Waals surface area contributed by atoms with E-state index in [4.69, 9.17) is 49.3 Å². The predicted octanol–water partition coefficient (Wildman–Crippen LogP) is 8.37. The van der Waals surface area contributed by atoms with Crippen LogP contribution in [0.2, 0.25) is 15.1 Å². The highest BCUT2D eigenvalue weighted by Gasteiger charge is 2.30. The summed E-state index contributed by atoms with van der Waals surface area (Å²) in [7, 11) is 0. The highest BCUT2D eigenvalue weighted by molar-refractivity contribution is 6.35. The number of hydrogen-bond donors (Lipinski definition) is 3. The van der Waals surface area contributed by atoms with E-state index in [-0.39, 0.29) is 24.1 Å². The summed E-state index contributed by atoms with van der Waals surface area (Å²) in [5.41, 5.74) is 5.30. The van der Waals surface area contributed by atoms with Gasteiger partial charge in [0.1, 0.15) is 5.69 Å². The molecule has 2 atom stereocenters. The molecule has 2 amide bonds. The van der Waals surface area contributed by atoms with Crippen LogP contribution in [0.1, 0.15) is 54.7 Å². The Morgan fingerprint density at radius 2 is 1.75 bits per heavy atom. The topological polar surface area (TPSA) is 114 Å². The van der Waals surface area contributed by atoms with E-state index in [2.05, 4.69) is 27.1 Å². The lowest BCUT2D eigenvalue weighted by atomic mass is 9.99. The van der Waals surface area contributed by atoms with Crippen LogP contribution in [0.5, 0.6) is 0 Å². The van der Waals surface area contributed by atoms with Gasteiger partial charge < -0.3 is 34.6 Å². The average molecular weight is 764 g/mol. The summed E-state index contributed by atoms with van der Waals surface area (Å²) < 4.78 is 12.6. The molecule has 10 nitrogen and oxygen atoms in total. The lowest BCUT2D eigenvalue weighted by Crippen LogP contribution is -2.49. The molecule has 3 fully saturated rings. The number of aromatic nitrogens is 3. The second-order valence-electron chi connectivity index (χ2n) is 13.3. The van der Waals surface area contributed by atoms with Crippen molar-refractivity contribution in [2.24, 2.45) is 0 Å². The van der Waals surface area contributed by atoms with E-state index in [9.17, 15) is 9.59 Å². The summed E-state index contributed by atoms with van der Waals surface area (Å²) in [5, 5.41) is 8.98. The Morgan fingerprint density at radius 1 is 0.981 bits per heavy atom. The highest BCUT2D eigenvalue weighted by Crippen LogP contribution is 2.42. The number of carbonyl (C=O) groups is 2. The predicted molar refractivity (Wildman–Crippen MR) is 205 cm³/mol. The zero-order valence-electron chi connectivity index (χ0n) is 28.8. The Kier molecular flexibility index (Phi) is 11.4. The zero-order valence-corrected chi connectivity index (χ0v) is 31.1. The van der Waals surface area contributed by atoms with E-state index in [1.54, 1.807) is 12.4 Å². The van der Waals surface area contributed by atoms with Gasteiger partial charge in [-0.2, -0.15) is 0 Å². The number of piperidine rings is 1. The molecular weight excluding hydrogens is 723 g/mol. The van der Waals surface area contributed by atoms with Crippen molar-refractivity contribution in [2.45, 2.75) is 50.7 Å². The standard InChI is InChI=1S/C30H25Cl3N4O2.C9H16N2O2/c1-17(22-9-7-19(31)13-24(22)33)37-16-34-27(18-5-3-2-4-6-18)29(37)26-23-10-8-20(32)14-25(23)36-28(26)30(38)35-21-11-12-39-15-21;12-9-11(6-1-7-13-9)8-2-4-10-5-3-8/h2-10,13-14,16-17,21,36H,11-12,15H2,1H3,(H,35,38);8,10H,1-7H2. The molecule has 5 aromatic rings. The number of hydrogen-bond acceptors (Lipinski definition) is 6. The van der Waals surface area contributed by atoms with Crippen LogP contribution >= 0.6 is 34.8 Å². The molecular formula is C39H41Cl3N6O4. The normalized spacial score (nSPS) is 18.5. The van der Waals surface area contributed by atoms with Crippen molar-refractivity contribution in [3.63, 3.8) is 0 Å². The first-order chi connectivity index (χ1) is 25.3. The van der Waals surface area contributed by atoms with Crippen LogP contribution < -0.4 is 10.6 Å². The van der Waals surface area contributed by atoms with Crippen molar-refractivity contribution >= 4 is 57.7 Å². The first-order valence-electron chi connectivity index (χ1n) is 17.7. The van der Waals surface area contributed by atoms with E-state index >= 15 is 0 Å². The number of nitrogens with one attached hydrogen (secondary N) is 3. The van der Waals surface area contributed by atoms with Gasteiger partial charge in [-0.3, -0.25) is 4.79 Å². The minimum absolute atomic E-state index is 0.0503. The lowest BCUT2D eigenvalue weighted by molar-refractivity contribution is 0.0486. The van der Waals surface area contributed by atoms with Gasteiger partial charge in [-0.05, 0) is 75.5 Å². The van der Waals surface area contributed by atoms with Crippen LogP contribution in [0.4, 0.5) is 4.79 Å². The van der Waals surface area contributed by atoms with Crippen molar-refractivity contribution < 1.29 is 19.1 Å². The van der Waals surface area contributed by atoms with Crippen LogP contribution in [-0.4, -0.2) is 83.0 Å². The largest absolute Gasteiger partial charge is 0.449 e. The molecule has 3 saturated heterocycles. The molecule has 0 radical (unpaired) electrons. The zero-order chi connectivity index (χ0) is 36.2. The van der Waals surface area contributed by atoms with Crippen LogP contribution in [0.25, 0.3) is 33.4 Å². The minimum atomic E-state index is -0.217. The molecule has 0 spiro atoms. The summed E-state index contributed by atoms with van der Waals surface area (Å²) in [5.74, 6) is -0.211. The number of H-pyrrole nitrogens is 1. The van der Waals surface area contributed by atoms with Gasteiger partial charge in [0.25, 0.3) is 5.91 Å². The maximum absolute atomic E-state index is 13.8. The number of ether oxygens (including phenoxy) is 2. The SMILES string of the molecule is CC(c1ccc(Cl)cc1Cl)n1cnc(-c2ccccc2)c1-c1c(C(=O)NC2CCOC2)[nH]c2cc(Cl)ccc12.O=C1OCCCN1C1CCNCC1. The molecule has 0 saturated carbocycles. The van der Waals surface area contributed by atoms with Crippen molar-refractivity contribution in [3.05, 3.63) is 99.4 Å². The molecule has 3 aromatic carbocycles. The summed E-state index contributed by atoms with van der Waals surface area (Å²) in [4.78, 5) is 35.3. The van der Waals surface area contributed by atoms with E-state index in [0.717, 1.165) is 84.3 Å². The second kappa shape index (κ2) is 16.3. The fourth-order valence-electron chi connectivity index (χ4n) is 7.21. The summed E-state index contributed by atoms with van der Waals surface area (Å²) in [6.45, 7) is 6.69. The van der Waals surface area contributed by atoms with Crippen molar-refractivity contribution in [1.82, 2.24) is 30.1 Å². The molecule has 52 heavy (non-hydrogen) atoms. The number of cyclic esters (lactones) is 1. The van der Waals surface area contributed by atoms with Gasteiger partial charge in [0.15, 0.2) is 0 Å². The molecule has 0 bridgehead atoms. The molecule has 3 aliphatic heterocycles. The molecule has 272 valence electrons. The second-order valence-corrected chi connectivity index (χ2v) is 14.6. The average Bonchev–Trinajstić information content (AvgIpc) is 3.91. The van der Waals surface area contributed by atoms with Gasteiger partial charge in [-0.25, -0.2) is 9.78 Å². The fourth-order valence-corrected chi connectivity index (χ4v) is 7.95. The van der Waals surface area contributed by atoms with Crippen LogP contribution in [-0.2, 0) is 9.47 Å². The Balaban J connectivity index is 0.000000271. The van der Waals surface area contributed by atoms with Crippen LogP contribution in [0.3, 0.4) is 0 Å². The van der Waals surface area contributed by atoms with Crippen molar-refractivity contribution in [2.75, 3.05) is 39.5 Å². The van der Waals surface area contributed by atoms with Gasteiger partial charge in [-0.1, -0.05) is 77.3 Å². The summed E-state index contributed by atoms with van der Waals surface area (Å²) >= 11 is 19.2. The molecule has 5 heterocycles. The van der Waals surface area contributed by atoms with Crippen LogP contribution in [0.15, 0.2) is 73.1 Å². The third-order valence-electron chi connectivity index (χ3n) is 9.91. The molecule has 3 aliphatic rings. The van der Waals surface area contributed by atoms with Gasteiger partial charge in [-0.15, -0.1) is 0 Å². The molecule has 2 unspecified atom stereocenters.